The third-order valence-electron chi connectivity index (χ3n) is 5.24. The number of rotatable bonds is 12. The number of halogens is 3. The lowest BCUT2D eigenvalue weighted by molar-refractivity contribution is -0.0315. The number of nitrogens with zero attached hydrogens (tertiary/aromatic N) is 2. The van der Waals surface area contributed by atoms with Crippen molar-refractivity contribution >= 4 is 41.0 Å². The highest BCUT2D eigenvalue weighted by Gasteiger charge is 2.51. The van der Waals surface area contributed by atoms with E-state index in [0.29, 0.717) is 0 Å². The monoisotopic (exact) mass is 580 g/mol. The normalized spacial score (nSPS) is 15.8. The van der Waals surface area contributed by atoms with Crippen LogP contribution in [0, 0.1) is 22.6 Å². The largest absolute Gasteiger partial charge is 0.493 e. The third kappa shape index (κ3) is 6.57. The molecular weight excluding hydrogens is 557 g/mol. The van der Waals surface area contributed by atoms with E-state index in [0.717, 1.165) is 6.07 Å². The molecule has 0 amide bonds. The number of phosphoric acid groups is 1. The lowest BCUT2D eigenvalue weighted by atomic mass is 9.83. The zero-order valence-electron chi connectivity index (χ0n) is 19.4. The van der Waals surface area contributed by atoms with Crippen LogP contribution in [-0.4, -0.2) is 52.2 Å². The molecular formula is C22H24Cl2FN2O7PS. The molecule has 1 fully saturated rings. The van der Waals surface area contributed by atoms with Gasteiger partial charge in [0.15, 0.2) is 0 Å². The second-order valence-electron chi connectivity index (χ2n) is 7.95. The molecule has 0 aliphatic carbocycles. The van der Waals surface area contributed by atoms with Crippen molar-refractivity contribution in [2.45, 2.75) is 18.7 Å². The van der Waals surface area contributed by atoms with Gasteiger partial charge in [-0.1, -0.05) is 23.2 Å². The number of sulfonamides is 1. The molecule has 0 radical (unpaired) electrons. The van der Waals surface area contributed by atoms with Crippen molar-refractivity contribution in [1.82, 2.24) is 4.31 Å². The molecule has 0 unspecified atom stereocenters. The van der Waals surface area contributed by atoms with Crippen molar-refractivity contribution in [3.8, 4) is 11.8 Å². The van der Waals surface area contributed by atoms with Crippen LogP contribution < -0.4 is 4.74 Å². The van der Waals surface area contributed by atoms with Crippen LogP contribution in [0.25, 0.3) is 0 Å². The quantitative estimate of drug-likeness (QED) is 0.312. The van der Waals surface area contributed by atoms with Gasteiger partial charge in [-0.25, -0.2) is 17.4 Å². The van der Waals surface area contributed by atoms with E-state index in [9.17, 15) is 17.4 Å². The first-order valence-corrected chi connectivity index (χ1v) is 14.4. The first-order valence-electron chi connectivity index (χ1n) is 10.8. The Labute approximate surface area is 219 Å². The predicted octanol–water partition coefficient (Wildman–Crippen LogP) is 5.27. The van der Waals surface area contributed by atoms with Crippen molar-refractivity contribution in [1.29, 1.82) is 5.26 Å². The van der Waals surface area contributed by atoms with E-state index in [1.165, 1.54) is 34.6 Å². The number of benzene rings is 2. The summed E-state index contributed by atoms with van der Waals surface area (Å²) < 4.78 is 75.9. The molecule has 1 saturated heterocycles. The lowest BCUT2D eigenvalue weighted by Crippen LogP contribution is -2.62. The van der Waals surface area contributed by atoms with Gasteiger partial charge in [0.25, 0.3) is 0 Å². The summed E-state index contributed by atoms with van der Waals surface area (Å²) in [5.41, 5.74) is -1.12. The summed E-state index contributed by atoms with van der Waals surface area (Å²) in [5, 5.41) is 9.16. The fourth-order valence-electron chi connectivity index (χ4n) is 3.48. The smallest absolute Gasteiger partial charge is 0.474 e. The van der Waals surface area contributed by atoms with Gasteiger partial charge in [-0.05, 0) is 44.2 Å². The molecule has 1 heterocycles. The highest BCUT2D eigenvalue weighted by molar-refractivity contribution is 7.89. The summed E-state index contributed by atoms with van der Waals surface area (Å²) >= 11 is 12.0. The number of nitriles is 1. The van der Waals surface area contributed by atoms with Crippen molar-refractivity contribution in [2.24, 2.45) is 5.41 Å². The molecule has 36 heavy (non-hydrogen) atoms. The molecule has 1 aliphatic heterocycles. The van der Waals surface area contributed by atoms with E-state index in [1.807, 2.05) is 0 Å². The molecule has 2 aromatic rings. The molecule has 0 bridgehead atoms. The molecule has 0 saturated carbocycles. The Morgan fingerprint density at radius 3 is 2.31 bits per heavy atom. The maximum absolute atomic E-state index is 14.0. The van der Waals surface area contributed by atoms with Gasteiger partial charge in [0.2, 0.25) is 10.0 Å². The van der Waals surface area contributed by atoms with E-state index in [1.54, 1.807) is 19.9 Å². The average molecular weight is 581 g/mol. The Bertz CT molecular complexity index is 1290. The Hall–Kier alpha value is -1.74. The molecule has 196 valence electrons. The van der Waals surface area contributed by atoms with Crippen molar-refractivity contribution in [2.75, 3.05) is 39.5 Å². The van der Waals surface area contributed by atoms with Gasteiger partial charge in [0.1, 0.15) is 22.5 Å². The molecule has 2 aromatic carbocycles. The predicted molar refractivity (Wildman–Crippen MR) is 131 cm³/mol. The summed E-state index contributed by atoms with van der Waals surface area (Å²) in [5.74, 6) is -0.626. The minimum Gasteiger partial charge on any atom is -0.493 e. The van der Waals surface area contributed by atoms with Crippen molar-refractivity contribution in [3.63, 3.8) is 0 Å². The molecule has 0 spiro atoms. The SMILES string of the molecule is CCOP(=O)(OCC)OCC1(COc2ccc(C#N)c(F)c2)CN(S(=O)(=O)c2ccc(Cl)cc2Cl)C1. The van der Waals surface area contributed by atoms with Gasteiger partial charge in [-0.15, -0.1) is 0 Å². The maximum Gasteiger partial charge on any atom is 0.474 e. The van der Waals surface area contributed by atoms with Crippen LogP contribution in [0.3, 0.4) is 0 Å². The summed E-state index contributed by atoms with van der Waals surface area (Å²) in [6.45, 7) is 2.89. The van der Waals surface area contributed by atoms with Crippen LogP contribution in [0.5, 0.6) is 5.75 Å². The molecule has 0 atom stereocenters. The fraction of sp³-hybridized carbons (Fsp3) is 0.409. The Morgan fingerprint density at radius 1 is 1.08 bits per heavy atom. The van der Waals surface area contributed by atoms with E-state index in [4.69, 9.17) is 46.8 Å². The second-order valence-corrected chi connectivity index (χ2v) is 12.4. The highest BCUT2D eigenvalue weighted by atomic mass is 35.5. The number of hydrogen-bond acceptors (Lipinski definition) is 8. The van der Waals surface area contributed by atoms with Crippen LogP contribution in [0.15, 0.2) is 41.3 Å². The molecule has 0 N–H and O–H groups in total. The first kappa shape index (κ1) is 28.8. The van der Waals surface area contributed by atoms with E-state index < -0.39 is 29.1 Å². The summed E-state index contributed by atoms with van der Waals surface area (Å²) in [4.78, 5) is -0.118. The number of phosphoric ester groups is 1. The highest BCUT2D eigenvalue weighted by Crippen LogP contribution is 2.51. The molecule has 14 heteroatoms. The number of ether oxygens (including phenoxy) is 1. The van der Waals surface area contributed by atoms with Crippen LogP contribution >= 0.6 is 31.0 Å². The molecule has 1 aliphatic rings. The van der Waals surface area contributed by atoms with E-state index in [-0.39, 0.29) is 65.8 Å². The van der Waals surface area contributed by atoms with Gasteiger partial charge in [0.05, 0.1) is 42.4 Å². The standard InChI is InChI=1S/C22H24Cl2FN2O7PS/c1-3-32-35(28,33-4-2)34-15-22(14-31-18-7-5-16(11-26)20(25)10-18)12-27(13-22)36(29,30)21-8-6-17(23)9-19(21)24/h5-10H,3-4,12-15H2,1-2H3. The van der Waals surface area contributed by atoms with E-state index in [2.05, 4.69) is 0 Å². The topological polar surface area (TPSA) is 115 Å². The average Bonchev–Trinajstić information content (AvgIpc) is 2.78. The van der Waals surface area contributed by atoms with Crippen LogP contribution in [0.4, 0.5) is 4.39 Å². The van der Waals surface area contributed by atoms with Gasteiger partial charge in [0, 0.05) is 24.2 Å². The maximum atomic E-state index is 14.0. The zero-order chi connectivity index (χ0) is 26.6. The summed E-state index contributed by atoms with van der Waals surface area (Å²) in [6, 6.07) is 9.52. The molecule has 9 nitrogen and oxygen atoms in total. The van der Waals surface area contributed by atoms with Crippen molar-refractivity contribution < 1.29 is 35.7 Å². The van der Waals surface area contributed by atoms with E-state index >= 15 is 0 Å². The third-order valence-corrected chi connectivity index (χ3v) is 9.35. The van der Waals surface area contributed by atoms with Gasteiger partial charge in [-0.3, -0.25) is 13.6 Å². The minimum absolute atomic E-state index is 0.0299. The van der Waals surface area contributed by atoms with Gasteiger partial charge < -0.3 is 4.74 Å². The van der Waals surface area contributed by atoms with Gasteiger partial charge >= 0.3 is 7.82 Å². The fourth-order valence-corrected chi connectivity index (χ4v) is 7.18. The summed E-state index contributed by atoms with van der Waals surface area (Å²) in [7, 11) is -7.89. The second kappa shape index (κ2) is 11.8. The van der Waals surface area contributed by atoms with Crippen LogP contribution in [0.1, 0.15) is 19.4 Å². The zero-order valence-corrected chi connectivity index (χ0v) is 22.7. The van der Waals surface area contributed by atoms with Crippen molar-refractivity contribution in [3.05, 3.63) is 57.8 Å². The minimum atomic E-state index is -3.99. The Kier molecular flexibility index (Phi) is 9.41. The lowest BCUT2D eigenvalue weighted by Gasteiger charge is -2.48. The Balaban J connectivity index is 1.81. The summed E-state index contributed by atoms with van der Waals surface area (Å²) in [6.07, 6.45) is 0. The molecule has 0 aromatic heterocycles. The number of hydrogen-bond donors (Lipinski definition) is 0. The van der Waals surface area contributed by atoms with Crippen LogP contribution in [0.2, 0.25) is 10.0 Å². The van der Waals surface area contributed by atoms with Crippen LogP contribution in [-0.2, 0) is 28.2 Å². The van der Waals surface area contributed by atoms with Gasteiger partial charge in [-0.2, -0.15) is 9.57 Å². The molecule has 3 rings (SSSR count). The first-order chi connectivity index (χ1) is 17.0. The Morgan fingerprint density at radius 2 is 1.75 bits per heavy atom.